The third-order valence-electron chi connectivity index (χ3n) is 2.22. The van der Waals surface area contributed by atoms with Crippen LogP contribution in [-0.4, -0.2) is 4.98 Å². The van der Waals surface area contributed by atoms with Crippen molar-refractivity contribution in [2.45, 2.75) is 6.92 Å². The summed E-state index contributed by atoms with van der Waals surface area (Å²) in [5, 5.41) is 9.89. The van der Waals surface area contributed by atoms with Gasteiger partial charge in [0, 0.05) is 16.8 Å². The van der Waals surface area contributed by atoms with Crippen LogP contribution < -0.4 is 4.74 Å². The summed E-state index contributed by atoms with van der Waals surface area (Å²) < 4.78 is 5.54. The van der Waals surface area contributed by atoms with Gasteiger partial charge in [-0.3, -0.25) is 0 Å². The fraction of sp³-hybridized carbons (Fsp3) is 0.0769. The Morgan fingerprint density at radius 3 is 2.72 bits per heavy atom. The van der Waals surface area contributed by atoms with Gasteiger partial charge in [-0.1, -0.05) is 23.2 Å². The van der Waals surface area contributed by atoms with E-state index in [2.05, 4.69) is 4.98 Å². The Morgan fingerprint density at radius 2 is 2.00 bits per heavy atom. The lowest BCUT2D eigenvalue weighted by atomic mass is 10.2. The predicted molar refractivity (Wildman–Crippen MR) is 70.2 cm³/mol. The SMILES string of the molecule is Cc1ccc(C#N)c(Oc2cc(Cl)ccc2Cl)n1. The highest BCUT2D eigenvalue weighted by atomic mass is 35.5. The molecular weight excluding hydrogens is 271 g/mol. The van der Waals surface area contributed by atoms with E-state index in [1.807, 2.05) is 13.0 Å². The van der Waals surface area contributed by atoms with Gasteiger partial charge in [-0.05, 0) is 31.2 Å². The van der Waals surface area contributed by atoms with Crippen LogP contribution in [0.5, 0.6) is 11.6 Å². The number of halogens is 2. The zero-order chi connectivity index (χ0) is 13.1. The second kappa shape index (κ2) is 5.26. The molecule has 0 saturated carbocycles. The van der Waals surface area contributed by atoms with Gasteiger partial charge < -0.3 is 4.74 Å². The predicted octanol–water partition coefficient (Wildman–Crippen LogP) is 4.36. The normalized spacial score (nSPS) is 9.89. The van der Waals surface area contributed by atoms with E-state index in [9.17, 15) is 0 Å². The van der Waals surface area contributed by atoms with Crippen molar-refractivity contribution in [1.29, 1.82) is 5.26 Å². The maximum Gasteiger partial charge on any atom is 0.237 e. The fourth-order valence-corrected chi connectivity index (χ4v) is 1.67. The minimum atomic E-state index is 0.224. The molecular formula is C13H8Cl2N2O. The standard InChI is InChI=1S/C13H8Cl2N2O/c1-8-2-3-9(7-16)13(17-8)18-12-6-10(14)4-5-11(12)15/h2-6H,1H3. The minimum absolute atomic E-state index is 0.224. The number of hydrogen-bond acceptors (Lipinski definition) is 3. The maximum absolute atomic E-state index is 8.98. The van der Waals surface area contributed by atoms with E-state index in [1.54, 1.807) is 30.3 Å². The molecule has 90 valence electrons. The first-order valence-corrected chi connectivity index (χ1v) is 5.86. The molecule has 0 bridgehead atoms. The molecule has 0 spiro atoms. The smallest absolute Gasteiger partial charge is 0.237 e. The average molecular weight is 279 g/mol. The lowest BCUT2D eigenvalue weighted by Crippen LogP contribution is -1.94. The molecule has 0 fully saturated rings. The van der Waals surface area contributed by atoms with Crippen molar-refractivity contribution in [2.75, 3.05) is 0 Å². The molecule has 1 aromatic carbocycles. The zero-order valence-corrected chi connectivity index (χ0v) is 11.0. The summed E-state index contributed by atoms with van der Waals surface area (Å²) in [4.78, 5) is 4.16. The first-order chi connectivity index (χ1) is 8.60. The van der Waals surface area contributed by atoms with Crippen LogP contribution in [0.15, 0.2) is 30.3 Å². The summed E-state index contributed by atoms with van der Waals surface area (Å²) in [5.41, 5.74) is 1.10. The number of rotatable bonds is 2. The molecule has 18 heavy (non-hydrogen) atoms. The molecule has 5 heteroatoms. The number of ether oxygens (including phenoxy) is 1. The van der Waals surface area contributed by atoms with Crippen LogP contribution in [0.1, 0.15) is 11.3 Å². The molecule has 0 saturated heterocycles. The van der Waals surface area contributed by atoms with Crippen molar-refractivity contribution in [3.63, 3.8) is 0 Å². The van der Waals surface area contributed by atoms with Gasteiger partial charge in [0.15, 0.2) is 0 Å². The summed E-state index contributed by atoms with van der Waals surface area (Å²) in [6.07, 6.45) is 0. The molecule has 1 aromatic heterocycles. The third kappa shape index (κ3) is 2.73. The molecule has 2 aromatic rings. The zero-order valence-electron chi connectivity index (χ0n) is 9.45. The molecule has 0 N–H and O–H groups in total. The number of aryl methyl sites for hydroxylation is 1. The highest BCUT2D eigenvalue weighted by molar-refractivity contribution is 6.34. The molecule has 1 heterocycles. The molecule has 0 aliphatic carbocycles. The van der Waals surface area contributed by atoms with Crippen LogP contribution in [-0.2, 0) is 0 Å². The number of nitriles is 1. The largest absolute Gasteiger partial charge is 0.436 e. The van der Waals surface area contributed by atoms with Crippen molar-refractivity contribution in [2.24, 2.45) is 0 Å². The molecule has 0 unspecified atom stereocenters. The second-order valence-electron chi connectivity index (χ2n) is 3.59. The van der Waals surface area contributed by atoms with E-state index in [-0.39, 0.29) is 5.88 Å². The van der Waals surface area contributed by atoms with E-state index < -0.39 is 0 Å². The Balaban J connectivity index is 2.43. The quantitative estimate of drug-likeness (QED) is 0.820. The Kier molecular flexibility index (Phi) is 3.71. The van der Waals surface area contributed by atoms with Gasteiger partial charge in [0.2, 0.25) is 5.88 Å². The number of hydrogen-bond donors (Lipinski definition) is 0. The van der Waals surface area contributed by atoms with Crippen molar-refractivity contribution in [1.82, 2.24) is 4.98 Å². The number of benzene rings is 1. The Labute approximate surface area is 115 Å². The summed E-state index contributed by atoms with van der Waals surface area (Å²) in [5.74, 6) is 0.598. The van der Waals surface area contributed by atoms with E-state index in [4.69, 9.17) is 33.2 Å². The second-order valence-corrected chi connectivity index (χ2v) is 4.44. The molecule has 0 aliphatic heterocycles. The molecule has 2 rings (SSSR count). The summed E-state index contributed by atoms with van der Waals surface area (Å²) >= 11 is 11.9. The van der Waals surface area contributed by atoms with E-state index >= 15 is 0 Å². The van der Waals surface area contributed by atoms with Crippen LogP contribution in [0.25, 0.3) is 0 Å². The Morgan fingerprint density at radius 1 is 1.22 bits per heavy atom. The number of aromatic nitrogens is 1. The van der Waals surface area contributed by atoms with Gasteiger partial charge >= 0.3 is 0 Å². The first kappa shape index (κ1) is 12.7. The van der Waals surface area contributed by atoms with Crippen molar-refractivity contribution < 1.29 is 4.74 Å². The lowest BCUT2D eigenvalue weighted by Gasteiger charge is -2.08. The van der Waals surface area contributed by atoms with Gasteiger partial charge in [-0.25, -0.2) is 4.98 Å². The highest BCUT2D eigenvalue weighted by Gasteiger charge is 2.10. The van der Waals surface area contributed by atoms with Gasteiger partial charge in [0.05, 0.1) is 5.02 Å². The molecule has 0 radical (unpaired) electrons. The number of pyridine rings is 1. The van der Waals surface area contributed by atoms with Crippen LogP contribution in [0.2, 0.25) is 10.0 Å². The highest BCUT2D eigenvalue weighted by Crippen LogP contribution is 2.32. The van der Waals surface area contributed by atoms with E-state index in [1.165, 1.54) is 0 Å². The molecule has 0 amide bonds. The number of nitrogens with zero attached hydrogens (tertiary/aromatic N) is 2. The summed E-state index contributed by atoms with van der Waals surface area (Å²) in [7, 11) is 0. The van der Waals surface area contributed by atoms with E-state index in [0.717, 1.165) is 5.69 Å². The Bertz CT molecular complexity index is 635. The summed E-state index contributed by atoms with van der Waals surface area (Å²) in [6, 6.07) is 10.3. The molecule has 0 atom stereocenters. The summed E-state index contributed by atoms with van der Waals surface area (Å²) in [6.45, 7) is 1.81. The lowest BCUT2D eigenvalue weighted by molar-refractivity contribution is 0.460. The van der Waals surface area contributed by atoms with Gasteiger partial charge in [-0.2, -0.15) is 5.26 Å². The van der Waals surface area contributed by atoms with Crippen LogP contribution in [0.3, 0.4) is 0 Å². The van der Waals surface area contributed by atoms with Gasteiger partial charge in [0.1, 0.15) is 17.4 Å². The fourth-order valence-electron chi connectivity index (χ4n) is 1.36. The van der Waals surface area contributed by atoms with Crippen LogP contribution in [0.4, 0.5) is 0 Å². The monoisotopic (exact) mass is 278 g/mol. The molecule has 3 nitrogen and oxygen atoms in total. The topological polar surface area (TPSA) is 45.9 Å². The van der Waals surface area contributed by atoms with Gasteiger partial charge in [-0.15, -0.1) is 0 Å². The van der Waals surface area contributed by atoms with Crippen LogP contribution in [0, 0.1) is 18.3 Å². The third-order valence-corrected chi connectivity index (χ3v) is 2.77. The average Bonchev–Trinajstić information content (AvgIpc) is 2.34. The Hall–Kier alpha value is -1.76. The first-order valence-electron chi connectivity index (χ1n) is 5.11. The molecule has 0 aliphatic rings. The van der Waals surface area contributed by atoms with E-state index in [0.29, 0.717) is 21.4 Å². The van der Waals surface area contributed by atoms with Crippen LogP contribution >= 0.6 is 23.2 Å². The van der Waals surface area contributed by atoms with Crippen molar-refractivity contribution in [3.05, 3.63) is 51.6 Å². The maximum atomic E-state index is 8.98. The van der Waals surface area contributed by atoms with Gasteiger partial charge in [0.25, 0.3) is 0 Å². The minimum Gasteiger partial charge on any atom is -0.436 e. The van der Waals surface area contributed by atoms with Crippen molar-refractivity contribution >= 4 is 23.2 Å². The van der Waals surface area contributed by atoms with Crippen molar-refractivity contribution in [3.8, 4) is 17.7 Å².